The molecule has 1 aliphatic heterocycles. The van der Waals surface area contributed by atoms with Gasteiger partial charge in [-0.3, -0.25) is 4.79 Å². The van der Waals surface area contributed by atoms with Crippen LogP contribution in [0.5, 0.6) is 0 Å². The lowest BCUT2D eigenvalue weighted by molar-refractivity contribution is -0.117. The van der Waals surface area contributed by atoms with Gasteiger partial charge < -0.3 is 10.2 Å². The average molecular weight is 293 g/mol. The smallest absolute Gasteiger partial charge is 0.235 e. The van der Waals surface area contributed by atoms with E-state index in [1.807, 2.05) is 67.7 Å². The van der Waals surface area contributed by atoms with Crippen LogP contribution >= 0.6 is 0 Å². The van der Waals surface area contributed by atoms with Crippen LogP contribution < -0.4 is 5.32 Å². The Bertz CT molecular complexity index is 667. The summed E-state index contributed by atoms with van der Waals surface area (Å²) in [5.74, 6) is 0.635. The summed E-state index contributed by atoms with van der Waals surface area (Å²) in [4.78, 5) is 19.3. The number of nitrogens with zero attached hydrogens (tertiary/aromatic N) is 2. The Hall–Kier alpha value is -2.62. The molecule has 0 radical (unpaired) electrons. The molecule has 0 spiro atoms. The molecule has 0 bridgehead atoms. The van der Waals surface area contributed by atoms with Gasteiger partial charge in [-0.05, 0) is 30.7 Å². The summed E-state index contributed by atoms with van der Waals surface area (Å²) in [6.45, 7) is 0.846. The number of anilines is 1. The maximum absolute atomic E-state index is 12.5. The summed E-state index contributed by atoms with van der Waals surface area (Å²) in [7, 11) is 1.98. The van der Waals surface area contributed by atoms with Crippen LogP contribution in [-0.2, 0) is 4.79 Å². The molecule has 4 heteroatoms. The zero-order valence-corrected chi connectivity index (χ0v) is 12.6. The van der Waals surface area contributed by atoms with Crippen molar-refractivity contribution in [2.75, 3.05) is 18.9 Å². The van der Waals surface area contributed by atoms with Crippen LogP contribution in [0.1, 0.15) is 6.42 Å². The number of hydrogen-bond donors (Lipinski definition) is 1. The Kier molecular flexibility index (Phi) is 4.19. The maximum atomic E-state index is 12.5. The van der Waals surface area contributed by atoms with Crippen molar-refractivity contribution in [1.29, 1.82) is 0 Å². The molecule has 3 rings (SSSR count). The number of para-hydroxylation sites is 2. The second-order valence-corrected chi connectivity index (χ2v) is 5.42. The quantitative estimate of drug-likeness (QED) is 0.943. The number of amidine groups is 1. The predicted molar refractivity (Wildman–Crippen MR) is 89.3 cm³/mol. The van der Waals surface area contributed by atoms with Gasteiger partial charge in [0.2, 0.25) is 5.91 Å². The second-order valence-electron chi connectivity index (χ2n) is 5.42. The van der Waals surface area contributed by atoms with Crippen molar-refractivity contribution < 1.29 is 4.79 Å². The lowest BCUT2D eigenvalue weighted by Gasteiger charge is -2.16. The summed E-state index contributed by atoms with van der Waals surface area (Å²) in [6.07, 6.45) is 0.792. The first kappa shape index (κ1) is 14.3. The third kappa shape index (κ3) is 3.17. The summed E-state index contributed by atoms with van der Waals surface area (Å²) in [5.41, 5.74) is 1.70. The second kappa shape index (κ2) is 6.43. The van der Waals surface area contributed by atoms with Gasteiger partial charge in [-0.25, -0.2) is 4.99 Å². The molecule has 1 atom stereocenters. The van der Waals surface area contributed by atoms with Crippen LogP contribution in [0.3, 0.4) is 0 Å². The van der Waals surface area contributed by atoms with Gasteiger partial charge in [0.25, 0.3) is 0 Å². The van der Waals surface area contributed by atoms with Crippen molar-refractivity contribution in [3.8, 4) is 0 Å². The fraction of sp³-hybridized carbons (Fsp3) is 0.222. The van der Waals surface area contributed by atoms with Gasteiger partial charge in [-0.1, -0.05) is 36.4 Å². The summed E-state index contributed by atoms with van der Waals surface area (Å²) < 4.78 is 0. The molecule has 0 aliphatic carbocycles. The molecule has 1 N–H and O–H groups in total. The van der Waals surface area contributed by atoms with Gasteiger partial charge in [-0.2, -0.15) is 0 Å². The number of carbonyl (C=O) groups is 1. The minimum atomic E-state index is -0.203. The number of aliphatic imine (C=N–C) groups is 1. The average Bonchev–Trinajstić information content (AvgIpc) is 2.90. The molecule has 0 unspecified atom stereocenters. The van der Waals surface area contributed by atoms with Crippen LogP contribution in [0.4, 0.5) is 11.4 Å². The molecule has 4 nitrogen and oxygen atoms in total. The minimum Gasteiger partial charge on any atom is -0.362 e. The van der Waals surface area contributed by atoms with E-state index in [2.05, 4.69) is 15.2 Å². The Morgan fingerprint density at radius 2 is 1.73 bits per heavy atom. The van der Waals surface area contributed by atoms with Crippen LogP contribution in [0, 0.1) is 5.92 Å². The molecular formula is C18H19N3O. The molecular weight excluding hydrogens is 274 g/mol. The topological polar surface area (TPSA) is 44.7 Å². The Morgan fingerprint density at radius 1 is 1.09 bits per heavy atom. The Labute approximate surface area is 130 Å². The van der Waals surface area contributed by atoms with Gasteiger partial charge in [0, 0.05) is 19.3 Å². The van der Waals surface area contributed by atoms with Gasteiger partial charge in [0.05, 0.1) is 11.6 Å². The zero-order chi connectivity index (χ0) is 15.4. The zero-order valence-electron chi connectivity index (χ0n) is 12.6. The molecule has 0 saturated carbocycles. The van der Waals surface area contributed by atoms with E-state index < -0.39 is 0 Å². The van der Waals surface area contributed by atoms with E-state index in [0.717, 1.165) is 30.2 Å². The van der Waals surface area contributed by atoms with Crippen molar-refractivity contribution >= 4 is 23.1 Å². The maximum Gasteiger partial charge on any atom is 0.235 e. The van der Waals surface area contributed by atoms with Gasteiger partial charge >= 0.3 is 0 Å². The van der Waals surface area contributed by atoms with Crippen LogP contribution in [0.2, 0.25) is 0 Å². The number of amides is 1. The lowest BCUT2D eigenvalue weighted by Crippen LogP contribution is -2.31. The highest BCUT2D eigenvalue weighted by Gasteiger charge is 2.33. The van der Waals surface area contributed by atoms with E-state index in [9.17, 15) is 4.79 Å². The Balaban J connectivity index is 1.80. The van der Waals surface area contributed by atoms with Gasteiger partial charge in [0.15, 0.2) is 0 Å². The molecule has 1 heterocycles. The normalized spacial score (nSPS) is 19.4. The number of rotatable bonds is 3. The fourth-order valence-corrected chi connectivity index (χ4v) is 2.63. The summed E-state index contributed by atoms with van der Waals surface area (Å²) in [6, 6.07) is 19.3. The Morgan fingerprint density at radius 3 is 2.41 bits per heavy atom. The molecule has 112 valence electrons. The molecule has 1 amide bonds. The van der Waals surface area contributed by atoms with Crippen molar-refractivity contribution in [1.82, 2.24) is 4.90 Å². The molecule has 0 aromatic heterocycles. The predicted octanol–water partition coefficient (Wildman–Crippen LogP) is 3.31. The van der Waals surface area contributed by atoms with Crippen LogP contribution in [0.15, 0.2) is 65.7 Å². The number of nitrogens with one attached hydrogen (secondary N) is 1. The first-order valence-corrected chi connectivity index (χ1v) is 7.45. The van der Waals surface area contributed by atoms with E-state index >= 15 is 0 Å². The SMILES string of the molecule is CN1CC[C@@H](C(=O)Nc2ccccc2)C1=Nc1ccccc1. The highest BCUT2D eigenvalue weighted by molar-refractivity contribution is 6.10. The third-order valence-electron chi connectivity index (χ3n) is 3.81. The standard InChI is InChI=1S/C18H19N3O/c1-21-13-12-16(17(21)19-14-8-4-2-5-9-14)18(22)20-15-10-6-3-7-11-15/h2-11,16H,12-13H2,1H3,(H,20,22)/t16-/m1/s1. The van der Waals surface area contributed by atoms with Gasteiger partial charge in [0.1, 0.15) is 5.84 Å². The minimum absolute atomic E-state index is 0.00484. The van der Waals surface area contributed by atoms with Crippen molar-refractivity contribution in [2.24, 2.45) is 10.9 Å². The third-order valence-corrected chi connectivity index (χ3v) is 3.81. The van der Waals surface area contributed by atoms with Crippen molar-refractivity contribution in [2.45, 2.75) is 6.42 Å². The molecule has 1 saturated heterocycles. The first-order chi connectivity index (χ1) is 10.7. The van der Waals surface area contributed by atoms with Crippen LogP contribution in [-0.4, -0.2) is 30.2 Å². The molecule has 2 aromatic rings. The molecule has 1 aliphatic rings. The summed E-state index contributed by atoms with van der Waals surface area (Å²) in [5, 5.41) is 2.97. The summed E-state index contributed by atoms with van der Waals surface area (Å²) >= 11 is 0. The lowest BCUT2D eigenvalue weighted by atomic mass is 10.1. The number of hydrogen-bond acceptors (Lipinski definition) is 2. The van der Waals surface area contributed by atoms with E-state index in [4.69, 9.17) is 0 Å². The first-order valence-electron chi connectivity index (χ1n) is 7.45. The molecule has 1 fully saturated rings. The molecule has 22 heavy (non-hydrogen) atoms. The van der Waals surface area contributed by atoms with E-state index in [1.165, 1.54) is 0 Å². The van der Waals surface area contributed by atoms with Gasteiger partial charge in [-0.15, -0.1) is 0 Å². The van der Waals surface area contributed by atoms with Crippen molar-refractivity contribution in [3.05, 3.63) is 60.7 Å². The van der Waals surface area contributed by atoms with E-state index in [1.54, 1.807) is 0 Å². The highest BCUT2D eigenvalue weighted by atomic mass is 16.2. The largest absolute Gasteiger partial charge is 0.362 e. The van der Waals surface area contributed by atoms with E-state index in [0.29, 0.717) is 0 Å². The number of benzene rings is 2. The van der Waals surface area contributed by atoms with Crippen LogP contribution in [0.25, 0.3) is 0 Å². The molecule has 2 aromatic carbocycles. The number of likely N-dealkylation sites (tertiary alicyclic amines) is 1. The monoisotopic (exact) mass is 293 g/mol. The highest BCUT2D eigenvalue weighted by Crippen LogP contribution is 2.23. The van der Waals surface area contributed by atoms with Crippen molar-refractivity contribution in [3.63, 3.8) is 0 Å². The fourth-order valence-electron chi connectivity index (χ4n) is 2.63. The van der Waals surface area contributed by atoms with E-state index in [-0.39, 0.29) is 11.8 Å². The number of carbonyl (C=O) groups excluding carboxylic acids is 1.